The van der Waals surface area contributed by atoms with Crippen LogP contribution >= 0.6 is 0 Å². The molecule has 1 aromatic heterocycles. The van der Waals surface area contributed by atoms with Gasteiger partial charge in [0.1, 0.15) is 5.82 Å². The van der Waals surface area contributed by atoms with Crippen LogP contribution in [-0.2, 0) is 0 Å². The van der Waals surface area contributed by atoms with Crippen molar-refractivity contribution in [2.75, 3.05) is 0 Å². The number of imidazole rings is 1. The van der Waals surface area contributed by atoms with Crippen molar-refractivity contribution in [3.63, 3.8) is 0 Å². The number of H-pyrrole nitrogens is 1. The van der Waals surface area contributed by atoms with Gasteiger partial charge in [0.15, 0.2) is 0 Å². The standard InChI is InChI=1S/C11H12N4O2/c1-7(12)11-13-6-9(14-11)8-4-2-3-5-10(8)15(16)17/h2-7H,12H2,1H3,(H,13,14). The van der Waals surface area contributed by atoms with E-state index in [1.54, 1.807) is 31.3 Å². The van der Waals surface area contributed by atoms with Gasteiger partial charge >= 0.3 is 0 Å². The molecule has 3 N–H and O–H groups in total. The molecule has 0 fully saturated rings. The molecule has 88 valence electrons. The Labute approximate surface area is 97.6 Å². The number of hydrogen-bond donors (Lipinski definition) is 2. The van der Waals surface area contributed by atoms with Crippen LogP contribution in [0.5, 0.6) is 0 Å². The van der Waals surface area contributed by atoms with E-state index in [1.807, 2.05) is 0 Å². The van der Waals surface area contributed by atoms with E-state index < -0.39 is 4.92 Å². The largest absolute Gasteiger partial charge is 0.340 e. The molecule has 2 rings (SSSR count). The highest BCUT2D eigenvalue weighted by molar-refractivity contribution is 5.70. The quantitative estimate of drug-likeness (QED) is 0.624. The second-order valence-electron chi connectivity index (χ2n) is 3.75. The van der Waals surface area contributed by atoms with Crippen LogP contribution in [0.1, 0.15) is 18.8 Å². The van der Waals surface area contributed by atoms with Gasteiger partial charge in [-0.05, 0) is 13.0 Å². The lowest BCUT2D eigenvalue weighted by Gasteiger charge is -2.01. The molecule has 0 amide bonds. The zero-order valence-electron chi connectivity index (χ0n) is 9.25. The van der Waals surface area contributed by atoms with Crippen molar-refractivity contribution in [2.45, 2.75) is 13.0 Å². The van der Waals surface area contributed by atoms with E-state index in [9.17, 15) is 10.1 Å². The zero-order chi connectivity index (χ0) is 12.4. The molecule has 6 heteroatoms. The van der Waals surface area contributed by atoms with Gasteiger partial charge in [0.25, 0.3) is 5.69 Å². The van der Waals surface area contributed by atoms with Crippen LogP contribution in [0.4, 0.5) is 5.69 Å². The predicted molar refractivity (Wildman–Crippen MR) is 63.3 cm³/mol. The van der Waals surface area contributed by atoms with E-state index in [1.165, 1.54) is 6.07 Å². The summed E-state index contributed by atoms with van der Waals surface area (Å²) in [4.78, 5) is 17.5. The molecule has 1 heterocycles. The van der Waals surface area contributed by atoms with E-state index in [0.29, 0.717) is 17.1 Å². The number of aromatic amines is 1. The number of nitrogens with zero attached hydrogens (tertiary/aromatic N) is 2. The van der Waals surface area contributed by atoms with Crippen LogP contribution in [0.25, 0.3) is 11.3 Å². The zero-order valence-corrected chi connectivity index (χ0v) is 9.25. The molecule has 0 aliphatic carbocycles. The van der Waals surface area contributed by atoms with E-state index in [-0.39, 0.29) is 11.7 Å². The van der Waals surface area contributed by atoms with Gasteiger partial charge in [-0.25, -0.2) is 4.98 Å². The number of nitro groups is 1. The maximum atomic E-state index is 10.9. The van der Waals surface area contributed by atoms with E-state index >= 15 is 0 Å². The Morgan fingerprint density at radius 3 is 2.76 bits per heavy atom. The Kier molecular flexibility index (Phi) is 2.88. The molecule has 0 aliphatic heterocycles. The summed E-state index contributed by atoms with van der Waals surface area (Å²) < 4.78 is 0. The van der Waals surface area contributed by atoms with Gasteiger partial charge in [0, 0.05) is 6.07 Å². The number of para-hydroxylation sites is 1. The minimum atomic E-state index is -0.415. The van der Waals surface area contributed by atoms with Crippen molar-refractivity contribution in [3.8, 4) is 11.3 Å². The molecule has 0 saturated carbocycles. The fourth-order valence-corrected chi connectivity index (χ4v) is 1.57. The predicted octanol–water partition coefficient (Wildman–Crippen LogP) is 2.00. The van der Waals surface area contributed by atoms with Crippen LogP contribution in [0.2, 0.25) is 0 Å². The molecule has 2 aromatic rings. The highest BCUT2D eigenvalue weighted by atomic mass is 16.6. The second-order valence-corrected chi connectivity index (χ2v) is 3.75. The molecule has 0 radical (unpaired) electrons. The van der Waals surface area contributed by atoms with Crippen molar-refractivity contribution in [3.05, 3.63) is 46.4 Å². The first-order valence-electron chi connectivity index (χ1n) is 5.14. The minimum absolute atomic E-state index is 0.0485. The molecule has 1 unspecified atom stereocenters. The lowest BCUT2D eigenvalue weighted by molar-refractivity contribution is -0.384. The minimum Gasteiger partial charge on any atom is -0.340 e. The van der Waals surface area contributed by atoms with Crippen LogP contribution in [-0.4, -0.2) is 14.9 Å². The summed E-state index contributed by atoms with van der Waals surface area (Å²) in [6.45, 7) is 1.79. The number of nitro benzene ring substituents is 1. The maximum Gasteiger partial charge on any atom is 0.278 e. The number of aromatic nitrogens is 2. The summed E-state index contributed by atoms with van der Waals surface area (Å²) in [6, 6.07) is 6.28. The lowest BCUT2D eigenvalue weighted by atomic mass is 10.1. The van der Waals surface area contributed by atoms with Gasteiger partial charge in [-0.15, -0.1) is 0 Å². The smallest absolute Gasteiger partial charge is 0.278 e. The molecular formula is C11H12N4O2. The van der Waals surface area contributed by atoms with Gasteiger partial charge in [-0.2, -0.15) is 0 Å². The van der Waals surface area contributed by atoms with Gasteiger partial charge in [-0.1, -0.05) is 12.1 Å². The summed E-state index contributed by atoms with van der Waals surface area (Å²) in [5, 5.41) is 10.9. The van der Waals surface area contributed by atoms with Crippen LogP contribution in [0.15, 0.2) is 30.5 Å². The summed E-state index contributed by atoms with van der Waals surface area (Å²) in [7, 11) is 0. The molecular weight excluding hydrogens is 220 g/mol. The number of benzene rings is 1. The number of hydrogen-bond acceptors (Lipinski definition) is 4. The highest BCUT2D eigenvalue weighted by Gasteiger charge is 2.16. The van der Waals surface area contributed by atoms with Gasteiger partial charge in [0.05, 0.1) is 28.4 Å². The Morgan fingerprint density at radius 2 is 2.18 bits per heavy atom. The molecule has 1 aromatic carbocycles. The molecule has 0 aliphatic rings. The maximum absolute atomic E-state index is 10.9. The van der Waals surface area contributed by atoms with Gasteiger partial charge in [-0.3, -0.25) is 10.1 Å². The summed E-state index contributed by atoms with van der Waals surface area (Å²) in [5.74, 6) is 0.609. The van der Waals surface area contributed by atoms with Crippen LogP contribution in [0, 0.1) is 10.1 Å². The summed E-state index contributed by atoms with van der Waals surface area (Å²) in [6.07, 6.45) is 1.56. The Morgan fingerprint density at radius 1 is 1.47 bits per heavy atom. The second kappa shape index (κ2) is 4.34. The SMILES string of the molecule is CC(N)c1ncc(-c2ccccc2[N+](=O)[O-])[nH]1. The van der Waals surface area contributed by atoms with Crippen molar-refractivity contribution < 1.29 is 4.92 Å². The highest BCUT2D eigenvalue weighted by Crippen LogP contribution is 2.28. The van der Waals surface area contributed by atoms with Crippen molar-refractivity contribution in [1.82, 2.24) is 9.97 Å². The molecule has 0 bridgehead atoms. The fourth-order valence-electron chi connectivity index (χ4n) is 1.57. The topological polar surface area (TPSA) is 97.8 Å². The van der Waals surface area contributed by atoms with E-state index in [4.69, 9.17) is 5.73 Å². The van der Waals surface area contributed by atoms with Crippen molar-refractivity contribution in [2.24, 2.45) is 5.73 Å². The summed E-state index contributed by atoms with van der Waals surface area (Å²) in [5.41, 5.74) is 6.84. The molecule has 6 nitrogen and oxygen atoms in total. The number of nitrogens with two attached hydrogens (primary N) is 1. The lowest BCUT2D eigenvalue weighted by Crippen LogP contribution is -2.06. The molecule has 0 saturated heterocycles. The van der Waals surface area contributed by atoms with E-state index in [0.717, 1.165) is 0 Å². The fraction of sp³-hybridized carbons (Fsp3) is 0.182. The summed E-state index contributed by atoms with van der Waals surface area (Å²) >= 11 is 0. The van der Waals surface area contributed by atoms with Crippen LogP contribution in [0.3, 0.4) is 0 Å². The van der Waals surface area contributed by atoms with Crippen molar-refractivity contribution in [1.29, 1.82) is 0 Å². The van der Waals surface area contributed by atoms with Gasteiger partial charge < -0.3 is 10.7 Å². The van der Waals surface area contributed by atoms with Gasteiger partial charge in [0.2, 0.25) is 0 Å². The Hall–Kier alpha value is -2.21. The normalized spacial score (nSPS) is 12.4. The average molecular weight is 232 g/mol. The van der Waals surface area contributed by atoms with Crippen molar-refractivity contribution >= 4 is 5.69 Å². The third-order valence-corrected chi connectivity index (χ3v) is 2.42. The first-order valence-corrected chi connectivity index (χ1v) is 5.14. The molecule has 1 atom stereocenters. The molecule has 0 spiro atoms. The first kappa shape index (κ1) is 11.3. The third-order valence-electron chi connectivity index (χ3n) is 2.42. The third kappa shape index (κ3) is 2.16. The average Bonchev–Trinajstić information content (AvgIpc) is 2.78. The monoisotopic (exact) mass is 232 g/mol. The Balaban J connectivity index is 2.49. The number of rotatable bonds is 3. The Bertz CT molecular complexity index is 548. The molecule has 17 heavy (non-hydrogen) atoms. The van der Waals surface area contributed by atoms with Crippen LogP contribution < -0.4 is 5.73 Å². The number of nitrogens with one attached hydrogen (secondary N) is 1. The first-order chi connectivity index (χ1) is 8.09. The van der Waals surface area contributed by atoms with E-state index in [2.05, 4.69) is 9.97 Å².